The number of allylic oxidation sites excluding steroid dienone is 1. The molecule has 0 bridgehead atoms. The average molecular weight is 192 g/mol. The van der Waals surface area contributed by atoms with Gasteiger partial charge in [0, 0.05) is 12.8 Å². The highest BCUT2D eigenvalue weighted by molar-refractivity contribution is 7.45. The van der Waals surface area contributed by atoms with Crippen molar-refractivity contribution in [3.63, 3.8) is 0 Å². The first-order valence-electron chi connectivity index (χ1n) is 4.08. The van der Waals surface area contributed by atoms with Crippen LogP contribution >= 0.6 is 7.75 Å². The Bertz CT molecular complexity index is 227. The molecule has 1 aliphatic rings. The van der Waals surface area contributed by atoms with Gasteiger partial charge in [-0.3, -0.25) is 9.79 Å². The molecule has 0 aliphatic carbocycles. The van der Waals surface area contributed by atoms with Gasteiger partial charge in [0.2, 0.25) is 0 Å². The first-order valence-corrected chi connectivity index (χ1v) is 5.65. The molecule has 0 radical (unpaired) electrons. The number of rotatable bonds is 2. The van der Waals surface area contributed by atoms with Crippen LogP contribution in [-0.2, 0) is 4.57 Å². The van der Waals surface area contributed by atoms with Crippen LogP contribution in [0.3, 0.4) is 0 Å². The minimum atomic E-state index is -4.01. The summed E-state index contributed by atoms with van der Waals surface area (Å²) < 4.78 is 11.0. The smallest absolute Gasteiger partial charge is 0.278 e. The maximum absolute atomic E-state index is 11.2. The molecule has 5 heteroatoms. The van der Waals surface area contributed by atoms with E-state index in [4.69, 9.17) is 9.79 Å². The summed E-state index contributed by atoms with van der Waals surface area (Å²) in [5.41, 5.74) is 0. The molecule has 1 rings (SSSR count). The lowest BCUT2D eigenvalue weighted by molar-refractivity contribution is -0.756. The molecule has 0 saturated carbocycles. The number of likely N-dealkylation sites (tertiary alicyclic amines) is 1. The molecule has 1 saturated heterocycles. The fraction of sp³-hybridized carbons (Fsp3) is 0.714. The largest absolute Gasteiger partial charge is 0.531 e. The molecule has 0 spiro atoms. The van der Waals surface area contributed by atoms with Crippen LogP contribution in [-0.4, -0.2) is 27.1 Å². The van der Waals surface area contributed by atoms with E-state index in [1.165, 1.54) is 0 Å². The van der Waals surface area contributed by atoms with Gasteiger partial charge in [-0.25, -0.2) is 8.82 Å². The van der Waals surface area contributed by atoms with Crippen LogP contribution in [0, 0.1) is 0 Å². The highest BCUT2D eigenvalue weighted by atomic mass is 31.2. The van der Waals surface area contributed by atoms with Crippen molar-refractivity contribution < 1.29 is 18.6 Å². The van der Waals surface area contributed by atoms with E-state index in [1.54, 1.807) is 19.2 Å². The Morgan fingerprint density at radius 3 is 2.17 bits per heavy atom. The van der Waals surface area contributed by atoms with E-state index in [2.05, 4.69) is 0 Å². The molecule has 0 atom stereocenters. The van der Waals surface area contributed by atoms with Crippen LogP contribution in [0.25, 0.3) is 0 Å². The summed E-state index contributed by atoms with van der Waals surface area (Å²) in [6.45, 7) is 2.91. The van der Waals surface area contributed by atoms with E-state index in [0.29, 0.717) is 13.1 Å². The number of hydrogen-bond donors (Lipinski definition) is 2. The van der Waals surface area contributed by atoms with Crippen molar-refractivity contribution in [1.29, 1.82) is 0 Å². The van der Waals surface area contributed by atoms with Gasteiger partial charge in [0.25, 0.3) is 0 Å². The Kier molecular flexibility index (Phi) is 2.74. The van der Waals surface area contributed by atoms with Crippen molar-refractivity contribution in [2.45, 2.75) is 19.8 Å². The van der Waals surface area contributed by atoms with Gasteiger partial charge in [-0.2, -0.15) is 0 Å². The predicted molar refractivity (Wildman–Crippen MR) is 46.1 cm³/mol. The van der Waals surface area contributed by atoms with E-state index < -0.39 is 7.75 Å². The third-order valence-corrected chi connectivity index (χ3v) is 3.86. The van der Waals surface area contributed by atoms with Gasteiger partial charge < -0.3 is 0 Å². The molecular formula is C7H15NO3P+. The first kappa shape index (κ1) is 9.93. The van der Waals surface area contributed by atoms with Crippen LogP contribution in [0.5, 0.6) is 0 Å². The monoisotopic (exact) mass is 192 g/mol. The summed E-state index contributed by atoms with van der Waals surface area (Å²) in [5.74, 6) is 0. The van der Waals surface area contributed by atoms with Gasteiger partial charge in [0.15, 0.2) is 0 Å². The maximum Gasteiger partial charge on any atom is 0.531 e. The number of nitrogens with zero attached hydrogens (tertiary/aromatic N) is 1. The van der Waals surface area contributed by atoms with Crippen molar-refractivity contribution >= 4 is 7.75 Å². The topological polar surface area (TPSA) is 57.5 Å². The summed E-state index contributed by atoms with van der Waals surface area (Å²) in [7, 11) is -4.01. The molecule has 70 valence electrons. The minimum Gasteiger partial charge on any atom is -0.278 e. The molecule has 1 heterocycles. The second-order valence-corrected chi connectivity index (χ2v) is 4.96. The summed E-state index contributed by atoms with van der Waals surface area (Å²) in [6, 6.07) is 0. The quantitative estimate of drug-likeness (QED) is 0.647. The Morgan fingerprint density at radius 2 is 1.83 bits per heavy atom. The zero-order valence-electron chi connectivity index (χ0n) is 7.18. The van der Waals surface area contributed by atoms with Gasteiger partial charge >= 0.3 is 7.75 Å². The molecular weight excluding hydrogens is 177 g/mol. The lowest BCUT2D eigenvalue weighted by Crippen LogP contribution is -2.35. The van der Waals surface area contributed by atoms with Crippen molar-refractivity contribution in [3.8, 4) is 0 Å². The van der Waals surface area contributed by atoms with E-state index in [1.807, 2.05) is 0 Å². The molecule has 12 heavy (non-hydrogen) atoms. The van der Waals surface area contributed by atoms with E-state index >= 15 is 0 Å². The van der Waals surface area contributed by atoms with Gasteiger partial charge in [0.05, 0.1) is 19.3 Å². The second kappa shape index (κ2) is 3.30. The molecule has 0 aromatic heterocycles. The highest BCUT2D eigenvalue weighted by Crippen LogP contribution is 2.51. The Labute approximate surface area is 72.3 Å². The number of quaternary nitrogens is 1. The van der Waals surface area contributed by atoms with Crippen LogP contribution in [0.15, 0.2) is 12.3 Å². The summed E-state index contributed by atoms with van der Waals surface area (Å²) in [6.07, 6.45) is 5.13. The highest BCUT2D eigenvalue weighted by Gasteiger charge is 2.46. The van der Waals surface area contributed by atoms with Gasteiger partial charge in [-0.05, 0) is 13.0 Å². The normalized spacial score (nSPS) is 23.6. The van der Waals surface area contributed by atoms with Gasteiger partial charge in [-0.1, -0.05) is 0 Å². The lowest BCUT2D eigenvalue weighted by Gasteiger charge is -2.28. The Hall–Kier alpha value is -0.150. The summed E-state index contributed by atoms with van der Waals surface area (Å²) in [4.78, 5) is 18.3. The van der Waals surface area contributed by atoms with Crippen LogP contribution in [0.4, 0.5) is 0 Å². The molecule has 0 aromatic rings. The minimum absolute atomic E-state index is 0.149. The van der Waals surface area contributed by atoms with Crippen molar-refractivity contribution in [1.82, 2.24) is 0 Å². The van der Waals surface area contributed by atoms with E-state index in [0.717, 1.165) is 12.8 Å². The van der Waals surface area contributed by atoms with Crippen LogP contribution in [0.2, 0.25) is 0 Å². The zero-order valence-corrected chi connectivity index (χ0v) is 8.07. The fourth-order valence-corrected chi connectivity index (χ4v) is 2.77. The van der Waals surface area contributed by atoms with Crippen LogP contribution < -0.4 is 0 Å². The van der Waals surface area contributed by atoms with Gasteiger partial charge in [0.1, 0.15) is 0 Å². The molecule has 0 aromatic carbocycles. The lowest BCUT2D eigenvalue weighted by atomic mass is 10.4. The summed E-state index contributed by atoms with van der Waals surface area (Å²) in [5, 5.41) is 0. The summed E-state index contributed by atoms with van der Waals surface area (Å²) >= 11 is 0. The number of hydrogen-bond acceptors (Lipinski definition) is 1. The first-order chi connectivity index (χ1) is 5.52. The Morgan fingerprint density at radius 1 is 1.33 bits per heavy atom. The third kappa shape index (κ3) is 1.62. The third-order valence-electron chi connectivity index (χ3n) is 2.29. The Balaban J connectivity index is 2.94. The molecule has 0 unspecified atom stereocenters. The van der Waals surface area contributed by atoms with Crippen LogP contribution in [0.1, 0.15) is 19.8 Å². The van der Waals surface area contributed by atoms with Crippen molar-refractivity contribution in [3.05, 3.63) is 12.3 Å². The predicted octanol–water partition coefficient (Wildman–Crippen LogP) is 1.22. The fourth-order valence-electron chi connectivity index (χ4n) is 1.66. The second-order valence-electron chi connectivity index (χ2n) is 3.14. The maximum atomic E-state index is 11.2. The zero-order chi connectivity index (χ0) is 9.24. The molecule has 1 aliphatic heterocycles. The average Bonchev–Trinajstić information content (AvgIpc) is 2.36. The molecule has 4 nitrogen and oxygen atoms in total. The molecule has 1 fully saturated rings. The van der Waals surface area contributed by atoms with Crippen molar-refractivity contribution in [2.24, 2.45) is 0 Å². The standard InChI is InChI=1S/C7H14NO3P/c1-2-5-8(12(9,10)11)6-3-4-7-8/h2,5H,3-4,6-7H2,1H3,(H-,9,10,11)/p+1. The van der Waals surface area contributed by atoms with Crippen molar-refractivity contribution in [2.75, 3.05) is 13.1 Å². The van der Waals surface area contributed by atoms with E-state index in [-0.39, 0.29) is 4.25 Å². The SMILES string of the molecule is CC=C[N+]1(P(=O)(O)O)CCCC1. The van der Waals surface area contributed by atoms with E-state index in [9.17, 15) is 4.57 Å². The molecule has 0 amide bonds. The van der Waals surface area contributed by atoms with Gasteiger partial charge in [-0.15, -0.1) is 0 Å². The molecule has 2 N–H and O–H groups in total.